The van der Waals surface area contributed by atoms with E-state index in [-0.39, 0.29) is 24.2 Å². The van der Waals surface area contributed by atoms with Gasteiger partial charge in [-0.05, 0) is 6.92 Å². The van der Waals surface area contributed by atoms with Crippen LogP contribution in [-0.4, -0.2) is 51.3 Å². The number of ether oxygens (including phenoxy) is 1. The van der Waals surface area contributed by atoms with Gasteiger partial charge in [0.15, 0.2) is 0 Å². The van der Waals surface area contributed by atoms with Crippen molar-refractivity contribution in [2.75, 3.05) is 19.7 Å². The summed E-state index contributed by atoms with van der Waals surface area (Å²) >= 11 is 0. The maximum atomic E-state index is 11.9. The van der Waals surface area contributed by atoms with E-state index in [0.717, 1.165) is 6.20 Å². The van der Waals surface area contributed by atoms with Crippen LogP contribution in [0.5, 0.6) is 0 Å². The molecule has 2 heterocycles. The quantitative estimate of drug-likeness (QED) is 0.561. The third-order valence-electron chi connectivity index (χ3n) is 2.72. The molecule has 2 rings (SSSR count). The number of rotatable bonds is 3. The second-order valence-electron chi connectivity index (χ2n) is 4.17. The molecule has 1 amide bonds. The smallest absolute Gasteiger partial charge is 0.307 e. The van der Waals surface area contributed by atoms with Gasteiger partial charge < -0.3 is 9.64 Å². The highest BCUT2D eigenvalue weighted by molar-refractivity contribution is 5.76. The van der Waals surface area contributed by atoms with Gasteiger partial charge in [-0.25, -0.2) is 0 Å². The zero-order valence-corrected chi connectivity index (χ0v) is 9.98. The number of nitro groups is 1. The van der Waals surface area contributed by atoms with E-state index in [2.05, 4.69) is 5.10 Å². The summed E-state index contributed by atoms with van der Waals surface area (Å²) in [6.07, 6.45) is 2.41. The minimum atomic E-state index is -0.537. The first-order valence-electron chi connectivity index (χ1n) is 5.62. The molecule has 98 valence electrons. The lowest BCUT2D eigenvalue weighted by molar-refractivity contribution is -0.385. The number of nitrogens with zero attached hydrogens (tertiary/aromatic N) is 4. The Morgan fingerprint density at radius 3 is 3.11 bits per heavy atom. The van der Waals surface area contributed by atoms with E-state index >= 15 is 0 Å². The van der Waals surface area contributed by atoms with Gasteiger partial charge in [0.1, 0.15) is 18.9 Å². The fraction of sp³-hybridized carbons (Fsp3) is 0.600. The summed E-state index contributed by atoms with van der Waals surface area (Å²) < 4.78 is 6.62. The van der Waals surface area contributed by atoms with Crippen LogP contribution in [0.4, 0.5) is 5.69 Å². The predicted molar refractivity (Wildman–Crippen MR) is 60.9 cm³/mol. The van der Waals surface area contributed by atoms with Crippen molar-refractivity contribution in [3.05, 3.63) is 22.5 Å². The number of carbonyl (C=O) groups excluding carboxylic acids is 1. The zero-order valence-electron chi connectivity index (χ0n) is 9.98. The van der Waals surface area contributed by atoms with Crippen LogP contribution >= 0.6 is 0 Å². The largest absolute Gasteiger partial charge is 0.375 e. The molecule has 1 fully saturated rings. The normalized spacial score (nSPS) is 19.8. The zero-order chi connectivity index (χ0) is 13.1. The third kappa shape index (κ3) is 2.83. The first kappa shape index (κ1) is 12.5. The molecule has 18 heavy (non-hydrogen) atoms. The lowest BCUT2D eigenvalue weighted by atomic mass is 10.3. The Balaban J connectivity index is 1.95. The minimum Gasteiger partial charge on any atom is -0.375 e. The molecule has 1 saturated heterocycles. The standard InChI is InChI=1S/C10H14N4O4/c1-8-5-12(2-3-18-8)10(15)7-13-6-9(4-11-13)14(16)17/h4,6,8H,2-3,5,7H2,1H3/t8-/m0/s1. The molecule has 0 aromatic carbocycles. The summed E-state index contributed by atoms with van der Waals surface area (Å²) in [6.45, 7) is 3.53. The topological polar surface area (TPSA) is 90.5 Å². The summed E-state index contributed by atoms with van der Waals surface area (Å²) in [7, 11) is 0. The van der Waals surface area contributed by atoms with Crippen LogP contribution in [0.3, 0.4) is 0 Å². The molecule has 8 heteroatoms. The second kappa shape index (κ2) is 5.13. The molecule has 0 N–H and O–H groups in total. The second-order valence-corrected chi connectivity index (χ2v) is 4.17. The lowest BCUT2D eigenvalue weighted by Crippen LogP contribution is -2.45. The first-order chi connectivity index (χ1) is 8.56. The Bertz CT molecular complexity index is 458. The molecule has 1 aromatic heterocycles. The highest BCUT2D eigenvalue weighted by atomic mass is 16.6. The fourth-order valence-electron chi connectivity index (χ4n) is 1.82. The Hall–Kier alpha value is -1.96. The van der Waals surface area contributed by atoms with Gasteiger partial charge in [-0.15, -0.1) is 0 Å². The molecule has 0 unspecified atom stereocenters. The van der Waals surface area contributed by atoms with Crippen LogP contribution in [0.15, 0.2) is 12.4 Å². The van der Waals surface area contributed by atoms with Crippen molar-refractivity contribution in [3.63, 3.8) is 0 Å². The molecule has 0 bridgehead atoms. The third-order valence-corrected chi connectivity index (χ3v) is 2.72. The number of amides is 1. The van der Waals surface area contributed by atoms with Gasteiger partial charge >= 0.3 is 5.69 Å². The average Bonchev–Trinajstić information content (AvgIpc) is 2.77. The van der Waals surface area contributed by atoms with Crippen molar-refractivity contribution in [1.82, 2.24) is 14.7 Å². The van der Waals surface area contributed by atoms with Crippen LogP contribution in [0, 0.1) is 10.1 Å². The van der Waals surface area contributed by atoms with Crippen molar-refractivity contribution in [2.24, 2.45) is 0 Å². The Morgan fingerprint density at radius 1 is 1.72 bits per heavy atom. The van der Waals surface area contributed by atoms with Gasteiger partial charge in [0.05, 0.1) is 17.6 Å². The monoisotopic (exact) mass is 254 g/mol. The summed E-state index contributed by atoms with van der Waals surface area (Å²) in [5.74, 6) is -0.108. The molecule has 0 radical (unpaired) electrons. The van der Waals surface area contributed by atoms with Crippen LogP contribution in [0.2, 0.25) is 0 Å². The highest BCUT2D eigenvalue weighted by Gasteiger charge is 2.22. The van der Waals surface area contributed by atoms with Crippen molar-refractivity contribution in [1.29, 1.82) is 0 Å². The van der Waals surface area contributed by atoms with Crippen LogP contribution < -0.4 is 0 Å². The molecular formula is C10H14N4O4. The van der Waals surface area contributed by atoms with E-state index in [0.29, 0.717) is 19.7 Å². The molecule has 0 spiro atoms. The number of morpholine rings is 1. The minimum absolute atomic E-state index is 0.0144. The Morgan fingerprint density at radius 2 is 2.50 bits per heavy atom. The van der Waals surface area contributed by atoms with E-state index < -0.39 is 4.92 Å². The summed E-state index contributed by atoms with van der Waals surface area (Å²) in [5, 5.41) is 14.3. The van der Waals surface area contributed by atoms with Crippen LogP contribution in [0.1, 0.15) is 6.92 Å². The van der Waals surface area contributed by atoms with Gasteiger partial charge in [0.2, 0.25) is 5.91 Å². The molecule has 1 atom stereocenters. The molecule has 1 aliphatic heterocycles. The predicted octanol–water partition coefficient (Wildman–Crippen LogP) is 0.0386. The molecule has 1 aliphatic rings. The first-order valence-corrected chi connectivity index (χ1v) is 5.62. The summed E-state index contributed by atoms with van der Waals surface area (Å²) in [4.78, 5) is 23.6. The fourth-order valence-corrected chi connectivity index (χ4v) is 1.82. The van der Waals surface area contributed by atoms with Gasteiger partial charge in [-0.3, -0.25) is 19.6 Å². The van der Waals surface area contributed by atoms with Gasteiger partial charge in [-0.1, -0.05) is 0 Å². The van der Waals surface area contributed by atoms with Crippen molar-refractivity contribution in [3.8, 4) is 0 Å². The van der Waals surface area contributed by atoms with Crippen molar-refractivity contribution < 1.29 is 14.5 Å². The number of hydrogen-bond acceptors (Lipinski definition) is 5. The maximum Gasteiger partial charge on any atom is 0.307 e. The van der Waals surface area contributed by atoms with E-state index in [1.165, 1.54) is 10.9 Å². The van der Waals surface area contributed by atoms with E-state index in [4.69, 9.17) is 4.74 Å². The van der Waals surface area contributed by atoms with Crippen LogP contribution in [0.25, 0.3) is 0 Å². The molecule has 8 nitrogen and oxygen atoms in total. The number of carbonyl (C=O) groups is 1. The van der Waals surface area contributed by atoms with E-state index in [9.17, 15) is 14.9 Å². The van der Waals surface area contributed by atoms with E-state index in [1.54, 1.807) is 4.90 Å². The summed E-state index contributed by atoms with van der Waals surface area (Å²) in [5.41, 5.74) is -0.113. The molecular weight excluding hydrogens is 240 g/mol. The Labute approximate surface area is 103 Å². The number of aromatic nitrogens is 2. The van der Waals surface area contributed by atoms with E-state index in [1.807, 2.05) is 6.92 Å². The van der Waals surface area contributed by atoms with Gasteiger partial charge in [0, 0.05) is 13.1 Å². The number of hydrogen-bond donors (Lipinski definition) is 0. The highest BCUT2D eigenvalue weighted by Crippen LogP contribution is 2.09. The SMILES string of the molecule is C[C@H]1CN(C(=O)Cn2cc([N+](=O)[O-])cn2)CCO1. The average molecular weight is 254 g/mol. The molecule has 0 saturated carbocycles. The van der Waals surface area contributed by atoms with Crippen molar-refractivity contribution >= 4 is 11.6 Å². The Kier molecular flexibility index (Phi) is 3.56. The van der Waals surface area contributed by atoms with Crippen LogP contribution in [-0.2, 0) is 16.1 Å². The van der Waals surface area contributed by atoms with Gasteiger partial charge in [-0.2, -0.15) is 5.10 Å². The lowest BCUT2D eigenvalue weighted by Gasteiger charge is -2.31. The molecule has 0 aliphatic carbocycles. The maximum absolute atomic E-state index is 11.9. The van der Waals surface area contributed by atoms with Gasteiger partial charge in [0.25, 0.3) is 0 Å². The summed E-state index contributed by atoms with van der Waals surface area (Å²) in [6, 6.07) is 0. The van der Waals surface area contributed by atoms with Crippen molar-refractivity contribution in [2.45, 2.75) is 19.6 Å². The molecule has 1 aromatic rings.